The van der Waals surface area contributed by atoms with Crippen molar-refractivity contribution < 1.29 is 9.53 Å². The molecule has 0 unspecified atom stereocenters. The van der Waals surface area contributed by atoms with Gasteiger partial charge in [-0.15, -0.1) is 10.2 Å². The molecule has 144 valence electrons. The number of carbonyl (C=O) groups excluding carboxylic acids is 1. The molecule has 8 heteroatoms. The lowest BCUT2D eigenvalue weighted by Gasteiger charge is -2.34. The van der Waals surface area contributed by atoms with Crippen molar-refractivity contribution in [3.05, 3.63) is 47.8 Å². The smallest absolute Gasteiger partial charge is 0.254 e. The van der Waals surface area contributed by atoms with E-state index in [1.165, 1.54) is 0 Å². The van der Waals surface area contributed by atoms with Crippen LogP contribution in [0.4, 0.5) is 0 Å². The van der Waals surface area contributed by atoms with Crippen LogP contribution in [-0.2, 0) is 11.3 Å². The minimum atomic E-state index is -0.0127. The Morgan fingerprint density at radius 1 is 1.11 bits per heavy atom. The molecule has 2 aromatic heterocycles. The van der Waals surface area contributed by atoms with Gasteiger partial charge in [0.15, 0.2) is 5.82 Å². The molecule has 4 heterocycles. The fourth-order valence-corrected chi connectivity index (χ4v) is 4.23. The second kappa shape index (κ2) is 6.94. The van der Waals surface area contributed by atoms with Crippen LogP contribution < -0.4 is 0 Å². The van der Waals surface area contributed by atoms with Crippen molar-refractivity contribution >= 4 is 16.9 Å². The maximum Gasteiger partial charge on any atom is 0.254 e. The van der Waals surface area contributed by atoms with Crippen LogP contribution in [0.2, 0.25) is 0 Å². The normalized spacial score (nSPS) is 20.3. The van der Waals surface area contributed by atoms with Crippen LogP contribution in [0, 0.1) is 0 Å². The van der Waals surface area contributed by atoms with Crippen molar-refractivity contribution in [3.63, 3.8) is 0 Å². The first-order valence-corrected chi connectivity index (χ1v) is 9.72. The second-order valence-electron chi connectivity index (χ2n) is 7.53. The first-order chi connectivity index (χ1) is 13.7. The largest absolute Gasteiger partial charge is 0.381 e. The highest BCUT2D eigenvalue weighted by Crippen LogP contribution is 2.31. The molecule has 1 aromatic carbocycles. The van der Waals surface area contributed by atoms with E-state index in [1.807, 2.05) is 23.1 Å². The number of carbonyl (C=O) groups is 1. The Morgan fingerprint density at radius 2 is 1.89 bits per heavy atom. The van der Waals surface area contributed by atoms with Gasteiger partial charge in [0, 0.05) is 43.6 Å². The summed E-state index contributed by atoms with van der Waals surface area (Å²) in [6.45, 7) is 4.78. The average molecular weight is 378 g/mol. The lowest BCUT2D eigenvalue weighted by atomic mass is 9.98. The van der Waals surface area contributed by atoms with E-state index in [0.717, 1.165) is 48.7 Å². The maximum atomic E-state index is 13.1. The van der Waals surface area contributed by atoms with Crippen molar-refractivity contribution in [2.75, 3.05) is 19.8 Å². The van der Waals surface area contributed by atoms with Gasteiger partial charge in [-0.3, -0.25) is 14.8 Å². The molecule has 1 saturated heterocycles. The second-order valence-corrected chi connectivity index (χ2v) is 7.53. The number of aromatic nitrogens is 5. The van der Waals surface area contributed by atoms with Crippen molar-refractivity contribution in [1.29, 1.82) is 0 Å². The monoisotopic (exact) mass is 378 g/mol. The molecule has 1 amide bonds. The number of rotatable bonds is 2. The number of benzene rings is 1. The van der Waals surface area contributed by atoms with E-state index in [-0.39, 0.29) is 11.9 Å². The molecular formula is C20H22N6O2. The fourth-order valence-electron chi connectivity index (χ4n) is 4.23. The van der Waals surface area contributed by atoms with Crippen molar-refractivity contribution in [3.8, 4) is 0 Å². The molecule has 1 atom stereocenters. The van der Waals surface area contributed by atoms with Gasteiger partial charge in [-0.1, -0.05) is 0 Å². The highest BCUT2D eigenvalue weighted by Gasteiger charge is 2.32. The Labute approximate surface area is 162 Å². The zero-order valence-electron chi connectivity index (χ0n) is 15.8. The van der Waals surface area contributed by atoms with Crippen molar-refractivity contribution in [2.45, 2.75) is 38.3 Å². The summed E-state index contributed by atoms with van der Waals surface area (Å²) in [5.74, 6) is 2.27. The zero-order valence-corrected chi connectivity index (χ0v) is 15.8. The number of fused-ring (bicyclic) bond motifs is 2. The predicted octanol–water partition coefficient (Wildman–Crippen LogP) is 2.33. The van der Waals surface area contributed by atoms with Crippen LogP contribution in [0.15, 0.2) is 30.6 Å². The minimum Gasteiger partial charge on any atom is -0.381 e. The topological polar surface area (TPSA) is 86.0 Å². The summed E-state index contributed by atoms with van der Waals surface area (Å²) < 4.78 is 7.70. The molecule has 28 heavy (non-hydrogen) atoms. The van der Waals surface area contributed by atoms with Crippen LogP contribution in [0.1, 0.15) is 53.7 Å². The lowest BCUT2D eigenvalue weighted by molar-refractivity contribution is 0.0669. The maximum absolute atomic E-state index is 13.1. The summed E-state index contributed by atoms with van der Waals surface area (Å²) in [7, 11) is 0. The Kier molecular flexibility index (Phi) is 4.27. The summed E-state index contributed by atoms with van der Waals surface area (Å²) in [6, 6.07) is 5.61. The number of amides is 1. The van der Waals surface area contributed by atoms with Gasteiger partial charge in [0.25, 0.3) is 5.91 Å². The molecule has 0 aliphatic carbocycles. The van der Waals surface area contributed by atoms with Gasteiger partial charge in [-0.25, -0.2) is 0 Å². The molecule has 1 fully saturated rings. The van der Waals surface area contributed by atoms with E-state index >= 15 is 0 Å². The van der Waals surface area contributed by atoms with Gasteiger partial charge >= 0.3 is 0 Å². The van der Waals surface area contributed by atoms with E-state index in [9.17, 15) is 4.79 Å². The summed E-state index contributed by atoms with van der Waals surface area (Å²) in [5, 5.41) is 8.90. The van der Waals surface area contributed by atoms with Gasteiger partial charge in [0.05, 0.1) is 23.6 Å². The summed E-state index contributed by atoms with van der Waals surface area (Å²) in [4.78, 5) is 23.5. The average Bonchev–Trinajstić information content (AvgIpc) is 3.18. The summed E-state index contributed by atoms with van der Waals surface area (Å²) in [5.41, 5.74) is 2.13. The van der Waals surface area contributed by atoms with Crippen molar-refractivity contribution in [1.82, 2.24) is 29.6 Å². The Hall–Kier alpha value is -2.87. The van der Waals surface area contributed by atoms with Gasteiger partial charge in [-0.2, -0.15) is 0 Å². The first kappa shape index (κ1) is 17.2. The Bertz CT molecular complexity index is 1030. The molecule has 8 nitrogen and oxygen atoms in total. The molecule has 0 bridgehead atoms. The first-order valence-electron chi connectivity index (χ1n) is 9.72. The zero-order chi connectivity index (χ0) is 19.1. The summed E-state index contributed by atoms with van der Waals surface area (Å²) >= 11 is 0. The van der Waals surface area contributed by atoms with E-state index in [1.54, 1.807) is 12.4 Å². The number of hydrogen-bond acceptors (Lipinski definition) is 6. The van der Waals surface area contributed by atoms with Crippen molar-refractivity contribution in [2.24, 2.45) is 0 Å². The third kappa shape index (κ3) is 2.93. The quantitative estimate of drug-likeness (QED) is 0.680. The van der Waals surface area contributed by atoms with E-state index in [4.69, 9.17) is 4.74 Å². The third-order valence-corrected chi connectivity index (χ3v) is 5.64. The SMILES string of the molecule is C[C@H]1CN(C(=O)c2ccc3nccnc3c2)Cc2nnc(C3CCOCC3)n21. The highest BCUT2D eigenvalue weighted by atomic mass is 16.5. The molecule has 0 spiro atoms. The molecule has 3 aromatic rings. The Morgan fingerprint density at radius 3 is 2.71 bits per heavy atom. The van der Waals surface area contributed by atoms with Gasteiger partial charge in [-0.05, 0) is 38.0 Å². The molecule has 0 radical (unpaired) electrons. The number of ether oxygens (including phenoxy) is 1. The van der Waals surface area contributed by atoms with Crippen LogP contribution >= 0.6 is 0 Å². The minimum absolute atomic E-state index is 0.0127. The molecule has 5 rings (SSSR count). The molecular weight excluding hydrogens is 356 g/mol. The van der Waals surface area contributed by atoms with E-state index in [2.05, 4.69) is 31.7 Å². The lowest BCUT2D eigenvalue weighted by Crippen LogP contribution is -2.41. The van der Waals surface area contributed by atoms with Gasteiger partial charge in [0.2, 0.25) is 0 Å². The van der Waals surface area contributed by atoms with Crippen LogP contribution in [0.25, 0.3) is 11.0 Å². The highest BCUT2D eigenvalue weighted by molar-refractivity contribution is 5.97. The standard InChI is InChI=1S/C20H22N6O2/c1-13-11-25(20(27)15-2-3-16-17(10-15)22-7-6-21-16)12-18-23-24-19(26(13)18)14-4-8-28-9-5-14/h2-3,6-7,10,13-14H,4-5,8-9,11-12H2,1H3/t13-/m0/s1. The predicted molar refractivity (Wildman–Crippen MR) is 102 cm³/mol. The van der Waals surface area contributed by atoms with Gasteiger partial charge < -0.3 is 14.2 Å². The van der Waals surface area contributed by atoms with Crippen LogP contribution in [0.3, 0.4) is 0 Å². The fraction of sp³-hybridized carbons (Fsp3) is 0.450. The summed E-state index contributed by atoms with van der Waals surface area (Å²) in [6.07, 6.45) is 5.25. The van der Waals surface area contributed by atoms with E-state index in [0.29, 0.717) is 24.6 Å². The third-order valence-electron chi connectivity index (χ3n) is 5.64. The number of hydrogen-bond donors (Lipinski definition) is 0. The molecule has 0 N–H and O–H groups in total. The molecule has 2 aliphatic heterocycles. The molecule has 0 saturated carbocycles. The van der Waals surface area contributed by atoms with E-state index < -0.39 is 0 Å². The number of nitrogens with zero attached hydrogens (tertiary/aromatic N) is 6. The van der Waals surface area contributed by atoms with Crippen LogP contribution in [-0.4, -0.2) is 55.3 Å². The molecule has 2 aliphatic rings. The van der Waals surface area contributed by atoms with Crippen LogP contribution in [0.5, 0.6) is 0 Å². The van der Waals surface area contributed by atoms with Gasteiger partial charge in [0.1, 0.15) is 5.82 Å². The Balaban J connectivity index is 1.41.